The van der Waals surface area contributed by atoms with Crippen LogP contribution in [0, 0.1) is 6.92 Å². The van der Waals surface area contributed by atoms with Gasteiger partial charge in [-0.15, -0.1) is 0 Å². The Morgan fingerprint density at radius 1 is 1.06 bits per heavy atom. The molecular formula is C15H14N2O. The van der Waals surface area contributed by atoms with E-state index in [9.17, 15) is 5.11 Å². The molecule has 0 atom stereocenters. The van der Waals surface area contributed by atoms with E-state index in [1.807, 2.05) is 19.2 Å². The number of hydrogen-bond acceptors (Lipinski definition) is 2. The van der Waals surface area contributed by atoms with Gasteiger partial charge in [-0.2, -0.15) is 5.10 Å². The number of nitrogens with zero attached hydrogens (tertiary/aromatic N) is 2. The highest BCUT2D eigenvalue weighted by Crippen LogP contribution is 2.32. The van der Waals surface area contributed by atoms with Crippen molar-refractivity contribution in [3.63, 3.8) is 0 Å². The molecule has 0 fully saturated rings. The predicted molar refractivity (Wildman–Crippen MR) is 72.6 cm³/mol. The third kappa shape index (κ3) is 1.56. The maximum atomic E-state index is 9.90. The SMILES string of the molecule is Cc1ccc(-c2nn(C)c3c(O)cccc23)cc1. The molecule has 18 heavy (non-hydrogen) atoms. The number of benzene rings is 2. The molecule has 0 radical (unpaired) electrons. The Kier molecular flexibility index (Phi) is 2.33. The number of aromatic hydroxyl groups is 1. The Hall–Kier alpha value is -2.29. The second-order valence-corrected chi connectivity index (χ2v) is 4.51. The number of aromatic nitrogens is 2. The van der Waals surface area contributed by atoms with Gasteiger partial charge in [-0.25, -0.2) is 0 Å². The van der Waals surface area contributed by atoms with Crippen LogP contribution in [-0.4, -0.2) is 14.9 Å². The lowest BCUT2D eigenvalue weighted by molar-refractivity contribution is 0.478. The van der Waals surface area contributed by atoms with E-state index in [0.29, 0.717) is 0 Å². The minimum Gasteiger partial charge on any atom is -0.506 e. The second-order valence-electron chi connectivity index (χ2n) is 4.51. The van der Waals surface area contributed by atoms with Crippen molar-refractivity contribution >= 4 is 10.9 Å². The summed E-state index contributed by atoms with van der Waals surface area (Å²) in [6.45, 7) is 2.06. The van der Waals surface area contributed by atoms with Gasteiger partial charge in [0.15, 0.2) is 0 Å². The molecule has 0 unspecified atom stereocenters. The third-order valence-electron chi connectivity index (χ3n) is 3.17. The first kappa shape index (κ1) is 10.8. The Morgan fingerprint density at radius 2 is 1.78 bits per heavy atom. The number of rotatable bonds is 1. The molecule has 1 aromatic heterocycles. The molecule has 3 heteroatoms. The summed E-state index contributed by atoms with van der Waals surface area (Å²) in [4.78, 5) is 0. The van der Waals surface area contributed by atoms with E-state index < -0.39 is 0 Å². The van der Waals surface area contributed by atoms with E-state index >= 15 is 0 Å². The van der Waals surface area contributed by atoms with Crippen LogP contribution < -0.4 is 0 Å². The number of phenolic OH excluding ortho intramolecular Hbond substituents is 1. The average molecular weight is 238 g/mol. The fraction of sp³-hybridized carbons (Fsp3) is 0.133. The molecule has 0 saturated carbocycles. The van der Waals surface area contributed by atoms with E-state index in [4.69, 9.17) is 0 Å². The van der Waals surface area contributed by atoms with E-state index in [-0.39, 0.29) is 5.75 Å². The summed E-state index contributed by atoms with van der Waals surface area (Å²) in [6.07, 6.45) is 0. The van der Waals surface area contributed by atoms with Gasteiger partial charge in [-0.3, -0.25) is 4.68 Å². The van der Waals surface area contributed by atoms with Crippen LogP contribution in [-0.2, 0) is 7.05 Å². The molecule has 90 valence electrons. The lowest BCUT2D eigenvalue weighted by Gasteiger charge is -1.99. The molecular weight excluding hydrogens is 224 g/mol. The van der Waals surface area contributed by atoms with Gasteiger partial charge < -0.3 is 5.11 Å². The van der Waals surface area contributed by atoms with Crippen molar-refractivity contribution < 1.29 is 5.11 Å². The van der Waals surface area contributed by atoms with E-state index in [1.165, 1.54) is 5.56 Å². The van der Waals surface area contributed by atoms with Crippen LogP contribution in [0.15, 0.2) is 42.5 Å². The molecule has 3 rings (SSSR count). The minimum absolute atomic E-state index is 0.265. The van der Waals surface area contributed by atoms with Crippen molar-refractivity contribution in [3.05, 3.63) is 48.0 Å². The zero-order valence-electron chi connectivity index (χ0n) is 10.4. The number of fused-ring (bicyclic) bond motifs is 1. The fourth-order valence-electron chi connectivity index (χ4n) is 2.24. The topological polar surface area (TPSA) is 38.0 Å². The summed E-state index contributed by atoms with van der Waals surface area (Å²) >= 11 is 0. The monoisotopic (exact) mass is 238 g/mol. The lowest BCUT2D eigenvalue weighted by Crippen LogP contribution is -1.90. The second kappa shape index (κ2) is 3.88. The number of phenols is 1. The summed E-state index contributed by atoms with van der Waals surface area (Å²) < 4.78 is 1.72. The van der Waals surface area contributed by atoms with Gasteiger partial charge in [0, 0.05) is 18.0 Å². The Morgan fingerprint density at radius 3 is 2.50 bits per heavy atom. The molecule has 0 aliphatic heterocycles. The summed E-state index contributed by atoms with van der Waals surface area (Å²) in [7, 11) is 1.85. The minimum atomic E-state index is 0.265. The summed E-state index contributed by atoms with van der Waals surface area (Å²) in [5, 5.41) is 15.4. The fourth-order valence-corrected chi connectivity index (χ4v) is 2.24. The molecule has 1 heterocycles. The molecule has 1 N–H and O–H groups in total. The van der Waals surface area contributed by atoms with Crippen LogP contribution in [0.1, 0.15) is 5.56 Å². The zero-order valence-corrected chi connectivity index (χ0v) is 10.4. The van der Waals surface area contributed by atoms with Crippen LogP contribution in [0.3, 0.4) is 0 Å². The molecule has 3 nitrogen and oxygen atoms in total. The Bertz CT molecular complexity index is 711. The van der Waals surface area contributed by atoms with Crippen LogP contribution in [0.4, 0.5) is 0 Å². The highest BCUT2D eigenvalue weighted by atomic mass is 16.3. The standard InChI is InChI=1S/C15H14N2O/c1-10-6-8-11(9-7-10)14-12-4-3-5-13(18)15(12)17(2)16-14/h3-9,18H,1-2H3. The van der Waals surface area contributed by atoms with Crippen molar-refractivity contribution in [2.75, 3.05) is 0 Å². The molecule has 0 spiro atoms. The highest BCUT2D eigenvalue weighted by molar-refractivity contribution is 5.96. The quantitative estimate of drug-likeness (QED) is 0.706. The van der Waals surface area contributed by atoms with Crippen molar-refractivity contribution in [1.82, 2.24) is 9.78 Å². The molecule has 0 aliphatic carbocycles. The Labute approximate surface area is 105 Å². The van der Waals surface area contributed by atoms with E-state index in [1.54, 1.807) is 10.7 Å². The number of hydrogen-bond donors (Lipinski definition) is 1. The smallest absolute Gasteiger partial charge is 0.141 e. The van der Waals surface area contributed by atoms with E-state index in [0.717, 1.165) is 22.2 Å². The lowest BCUT2D eigenvalue weighted by atomic mass is 10.1. The Balaban J connectivity index is 2.30. The normalized spacial score (nSPS) is 11.0. The maximum absolute atomic E-state index is 9.90. The van der Waals surface area contributed by atoms with Crippen molar-refractivity contribution in [2.24, 2.45) is 7.05 Å². The molecule has 3 aromatic rings. The van der Waals surface area contributed by atoms with Crippen molar-refractivity contribution in [3.8, 4) is 17.0 Å². The summed E-state index contributed by atoms with van der Waals surface area (Å²) in [5.74, 6) is 0.265. The van der Waals surface area contributed by atoms with Crippen molar-refractivity contribution in [2.45, 2.75) is 6.92 Å². The van der Waals surface area contributed by atoms with Crippen LogP contribution in [0.5, 0.6) is 5.75 Å². The van der Waals surface area contributed by atoms with Gasteiger partial charge in [-0.1, -0.05) is 42.0 Å². The maximum Gasteiger partial charge on any atom is 0.141 e. The average Bonchev–Trinajstić information content (AvgIpc) is 2.69. The van der Waals surface area contributed by atoms with Crippen molar-refractivity contribution in [1.29, 1.82) is 0 Å². The van der Waals surface area contributed by atoms with Gasteiger partial charge in [0.25, 0.3) is 0 Å². The summed E-state index contributed by atoms with van der Waals surface area (Å²) in [6, 6.07) is 13.8. The van der Waals surface area contributed by atoms with Gasteiger partial charge >= 0.3 is 0 Å². The van der Waals surface area contributed by atoms with Crippen LogP contribution >= 0.6 is 0 Å². The van der Waals surface area contributed by atoms with Gasteiger partial charge in [0.2, 0.25) is 0 Å². The summed E-state index contributed by atoms with van der Waals surface area (Å²) in [5.41, 5.74) is 3.97. The van der Waals surface area contributed by atoms with Gasteiger partial charge in [0.1, 0.15) is 17.0 Å². The highest BCUT2D eigenvalue weighted by Gasteiger charge is 2.12. The predicted octanol–water partition coefficient (Wildman–Crippen LogP) is 3.25. The van der Waals surface area contributed by atoms with Crippen LogP contribution in [0.2, 0.25) is 0 Å². The third-order valence-corrected chi connectivity index (χ3v) is 3.17. The first-order chi connectivity index (χ1) is 8.66. The number of aryl methyl sites for hydroxylation is 2. The first-order valence-corrected chi connectivity index (χ1v) is 5.88. The van der Waals surface area contributed by atoms with Gasteiger partial charge in [0.05, 0.1) is 0 Å². The molecule has 2 aromatic carbocycles. The molecule has 0 bridgehead atoms. The molecule has 0 saturated heterocycles. The first-order valence-electron chi connectivity index (χ1n) is 5.88. The van der Waals surface area contributed by atoms with E-state index in [2.05, 4.69) is 36.3 Å². The van der Waals surface area contributed by atoms with Gasteiger partial charge in [-0.05, 0) is 13.0 Å². The number of para-hydroxylation sites is 1. The molecule has 0 aliphatic rings. The largest absolute Gasteiger partial charge is 0.506 e. The molecule has 0 amide bonds. The van der Waals surface area contributed by atoms with Crippen LogP contribution in [0.25, 0.3) is 22.2 Å². The zero-order chi connectivity index (χ0) is 12.7.